The Morgan fingerprint density at radius 1 is 1.09 bits per heavy atom. The maximum atomic E-state index is 12.3. The Labute approximate surface area is 197 Å². The Balaban J connectivity index is 1.63. The minimum Gasteiger partial charge on any atom is -0.434 e. The molecule has 1 N–H and O–H groups in total. The number of ether oxygens (including phenoxy) is 1. The molecule has 0 saturated heterocycles. The van der Waals surface area contributed by atoms with Crippen LogP contribution in [0.2, 0.25) is 10.0 Å². The number of allylic oxidation sites excluding steroid dienone is 1. The van der Waals surface area contributed by atoms with Crippen LogP contribution in [0.4, 0.5) is 10.5 Å². The molecule has 11 heteroatoms. The van der Waals surface area contributed by atoms with E-state index in [1.54, 1.807) is 0 Å². The number of carbonyl (C=O) groups is 1. The molecule has 0 spiro atoms. The van der Waals surface area contributed by atoms with Gasteiger partial charge in [0.05, 0.1) is 28.0 Å². The summed E-state index contributed by atoms with van der Waals surface area (Å²) in [6, 6.07) is 16.1. The zero-order valence-electron chi connectivity index (χ0n) is 16.8. The number of hydrogen-bond acceptors (Lipinski definition) is 6. The molecule has 0 saturated carbocycles. The van der Waals surface area contributed by atoms with E-state index in [0.717, 1.165) is 10.6 Å². The number of benzene rings is 2. The third-order valence-electron chi connectivity index (χ3n) is 4.49. The van der Waals surface area contributed by atoms with Crippen molar-refractivity contribution in [2.75, 3.05) is 5.01 Å². The first kappa shape index (κ1) is 22.1. The van der Waals surface area contributed by atoms with Gasteiger partial charge in [0.2, 0.25) is 5.88 Å². The highest BCUT2D eigenvalue weighted by Gasteiger charge is 2.26. The number of hydrogen-bond donors (Lipinski definition) is 1. The van der Waals surface area contributed by atoms with Crippen LogP contribution in [-0.4, -0.2) is 21.5 Å². The maximum Gasteiger partial charge on any atom is 0.347 e. The third-order valence-corrected chi connectivity index (χ3v) is 5.06. The Morgan fingerprint density at radius 3 is 2.45 bits per heavy atom. The van der Waals surface area contributed by atoms with Crippen LogP contribution in [0.25, 0.3) is 0 Å². The smallest absolute Gasteiger partial charge is 0.347 e. The predicted octanol–water partition coefficient (Wildman–Crippen LogP) is 4.31. The summed E-state index contributed by atoms with van der Waals surface area (Å²) in [4.78, 5) is 24.5. The van der Waals surface area contributed by atoms with Crippen molar-refractivity contribution >= 4 is 40.6 Å². The van der Waals surface area contributed by atoms with Crippen molar-refractivity contribution in [1.82, 2.24) is 15.1 Å². The van der Waals surface area contributed by atoms with Gasteiger partial charge in [0.1, 0.15) is 6.07 Å². The number of amides is 2. The molecule has 2 heterocycles. The fourth-order valence-corrected chi connectivity index (χ4v) is 3.49. The molecular formula is C22H14Cl2N6O3. The van der Waals surface area contributed by atoms with E-state index in [9.17, 15) is 9.59 Å². The fraction of sp³-hybridized carbons (Fsp3) is 0.0455. The van der Waals surface area contributed by atoms with E-state index >= 15 is 0 Å². The summed E-state index contributed by atoms with van der Waals surface area (Å²) < 4.78 is 7.00. The first-order valence-electron chi connectivity index (χ1n) is 9.44. The quantitative estimate of drug-likeness (QED) is 0.584. The fourth-order valence-electron chi connectivity index (χ4n) is 2.94. The lowest BCUT2D eigenvalue weighted by molar-refractivity contribution is 0.248. The van der Waals surface area contributed by atoms with Crippen molar-refractivity contribution in [2.45, 2.75) is 6.54 Å². The number of aromatic nitrogens is 2. The lowest BCUT2D eigenvalue weighted by atomic mass is 10.2. The van der Waals surface area contributed by atoms with E-state index in [4.69, 9.17) is 33.2 Å². The molecule has 3 aromatic rings. The summed E-state index contributed by atoms with van der Waals surface area (Å²) in [7, 11) is 0. The number of nitrogens with one attached hydrogen (secondary N) is 1. The molecule has 4 rings (SSSR count). The van der Waals surface area contributed by atoms with Crippen LogP contribution in [-0.2, 0) is 6.54 Å². The van der Waals surface area contributed by atoms with Crippen LogP contribution < -0.4 is 20.6 Å². The molecule has 0 unspecified atom stereocenters. The third kappa shape index (κ3) is 4.72. The number of nitriles is 1. The SMILES string of the molecule is C=C1NC(=O)N(c2cc(Cl)c(Oc3ccc(=O)n(Cc4ccccc4)n3)c(Cl)c2)N=C1C#N. The minimum absolute atomic E-state index is 0.0611. The van der Waals surface area contributed by atoms with Crippen LogP contribution >= 0.6 is 23.2 Å². The van der Waals surface area contributed by atoms with E-state index in [0.29, 0.717) is 0 Å². The van der Waals surface area contributed by atoms with E-state index < -0.39 is 6.03 Å². The van der Waals surface area contributed by atoms with Crippen molar-refractivity contribution in [3.05, 3.63) is 92.8 Å². The van der Waals surface area contributed by atoms with E-state index in [2.05, 4.69) is 22.1 Å². The number of rotatable bonds is 5. The van der Waals surface area contributed by atoms with Gasteiger partial charge in [-0.2, -0.15) is 15.4 Å². The topological polar surface area (TPSA) is 113 Å². The first-order chi connectivity index (χ1) is 15.9. The maximum absolute atomic E-state index is 12.3. The highest BCUT2D eigenvalue weighted by molar-refractivity contribution is 6.37. The molecule has 2 aromatic carbocycles. The van der Waals surface area contributed by atoms with Crippen LogP contribution in [0, 0.1) is 11.3 Å². The summed E-state index contributed by atoms with van der Waals surface area (Å²) >= 11 is 12.7. The molecule has 0 aliphatic carbocycles. The van der Waals surface area contributed by atoms with Crippen molar-refractivity contribution < 1.29 is 9.53 Å². The molecule has 0 bridgehead atoms. The van der Waals surface area contributed by atoms with Gasteiger partial charge in [-0.1, -0.05) is 60.1 Å². The molecule has 2 amide bonds. The summed E-state index contributed by atoms with van der Waals surface area (Å²) in [6.45, 7) is 3.82. The molecule has 164 valence electrons. The zero-order chi connectivity index (χ0) is 23.5. The number of halogens is 2. The molecule has 0 atom stereocenters. The van der Waals surface area contributed by atoms with Gasteiger partial charge in [0.25, 0.3) is 5.56 Å². The van der Waals surface area contributed by atoms with Gasteiger partial charge >= 0.3 is 6.03 Å². The highest BCUT2D eigenvalue weighted by atomic mass is 35.5. The number of nitrogens with zero attached hydrogens (tertiary/aromatic N) is 5. The van der Waals surface area contributed by atoms with E-state index in [1.165, 1.54) is 28.9 Å². The Morgan fingerprint density at radius 2 is 1.79 bits per heavy atom. The van der Waals surface area contributed by atoms with Gasteiger partial charge in [-0.05, 0) is 17.7 Å². The normalized spacial score (nSPS) is 13.2. The molecular weight excluding hydrogens is 467 g/mol. The predicted molar refractivity (Wildman–Crippen MR) is 124 cm³/mol. The standard InChI is InChI=1S/C22H14Cl2N6O3/c1-13-18(11-25)27-30(22(32)26-13)15-9-16(23)21(17(24)10-15)33-19-7-8-20(31)29(28-19)12-14-5-3-2-4-6-14/h2-10H,1,12H2,(H,26,32). The lowest BCUT2D eigenvalue weighted by Crippen LogP contribution is -2.42. The highest BCUT2D eigenvalue weighted by Crippen LogP contribution is 2.39. The second-order valence-corrected chi connectivity index (χ2v) is 7.59. The zero-order valence-corrected chi connectivity index (χ0v) is 18.3. The van der Waals surface area contributed by atoms with Crippen LogP contribution in [0.5, 0.6) is 11.6 Å². The van der Waals surface area contributed by atoms with Gasteiger partial charge in [-0.15, -0.1) is 5.10 Å². The summed E-state index contributed by atoms with van der Waals surface area (Å²) in [5, 5.41) is 20.8. The van der Waals surface area contributed by atoms with Crippen molar-refractivity contribution in [2.24, 2.45) is 5.10 Å². The van der Waals surface area contributed by atoms with Gasteiger partial charge < -0.3 is 10.1 Å². The molecule has 9 nitrogen and oxygen atoms in total. The van der Waals surface area contributed by atoms with E-state index in [-0.39, 0.29) is 50.9 Å². The van der Waals surface area contributed by atoms with Crippen LogP contribution in [0.3, 0.4) is 0 Å². The first-order valence-corrected chi connectivity index (χ1v) is 10.2. The number of urea groups is 1. The van der Waals surface area contributed by atoms with Gasteiger partial charge in [0.15, 0.2) is 11.5 Å². The monoisotopic (exact) mass is 480 g/mol. The Bertz CT molecular complexity index is 1370. The Kier molecular flexibility index (Phi) is 6.13. The number of carbonyl (C=O) groups excluding carboxylic acids is 1. The molecule has 1 aliphatic heterocycles. The van der Waals surface area contributed by atoms with Crippen molar-refractivity contribution in [1.29, 1.82) is 5.26 Å². The Hall–Kier alpha value is -4.13. The van der Waals surface area contributed by atoms with E-state index in [1.807, 2.05) is 36.4 Å². The molecule has 1 aliphatic rings. The average Bonchev–Trinajstić information content (AvgIpc) is 2.79. The average molecular weight is 481 g/mol. The minimum atomic E-state index is -0.630. The summed E-state index contributed by atoms with van der Waals surface area (Å²) in [6.07, 6.45) is 0. The van der Waals surface area contributed by atoms with Crippen LogP contribution in [0.15, 0.2) is 76.8 Å². The summed E-state index contributed by atoms with van der Waals surface area (Å²) in [5.74, 6) is 0.171. The largest absolute Gasteiger partial charge is 0.434 e. The van der Waals surface area contributed by atoms with Crippen LogP contribution in [0.1, 0.15) is 5.56 Å². The van der Waals surface area contributed by atoms with Gasteiger partial charge in [-0.3, -0.25) is 4.79 Å². The summed E-state index contributed by atoms with van der Waals surface area (Å²) in [5.41, 5.74) is 0.823. The number of anilines is 1. The van der Waals surface area contributed by atoms with Gasteiger partial charge in [-0.25, -0.2) is 9.48 Å². The van der Waals surface area contributed by atoms with Crippen molar-refractivity contribution in [3.8, 4) is 17.7 Å². The molecule has 33 heavy (non-hydrogen) atoms. The second-order valence-electron chi connectivity index (χ2n) is 6.77. The molecule has 0 fully saturated rings. The lowest BCUT2D eigenvalue weighted by Gasteiger charge is -2.24. The molecule has 0 radical (unpaired) electrons. The van der Waals surface area contributed by atoms with Gasteiger partial charge in [0, 0.05) is 12.1 Å². The van der Waals surface area contributed by atoms with Crippen molar-refractivity contribution in [3.63, 3.8) is 0 Å². The second kappa shape index (κ2) is 9.16. The number of hydrazone groups is 1. The molecule has 1 aromatic heterocycles.